The maximum atomic E-state index is 13.1. The molecule has 82 valence electrons. The zero-order valence-corrected chi connectivity index (χ0v) is 9.04. The summed E-state index contributed by atoms with van der Waals surface area (Å²) >= 11 is 5.78. The normalized spacial score (nSPS) is 21.0. The summed E-state index contributed by atoms with van der Waals surface area (Å²) in [5.41, 5.74) is 0.802. The summed E-state index contributed by atoms with van der Waals surface area (Å²) in [6.45, 7) is 1.82. The molecule has 2 rings (SSSR count). The molecule has 1 aromatic carbocycles. The first kappa shape index (κ1) is 10.7. The number of aliphatic hydroxyl groups excluding tert-OH is 1. The van der Waals surface area contributed by atoms with Crippen LogP contribution in [0.5, 0.6) is 0 Å². The van der Waals surface area contributed by atoms with Crippen molar-refractivity contribution in [2.24, 2.45) is 5.92 Å². The first-order valence-electron chi connectivity index (χ1n) is 5.01. The van der Waals surface area contributed by atoms with Gasteiger partial charge in [0.2, 0.25) is 0 Å². The number of halogens is 2. The Morgan fingerprint density at radius 2 is 2.27 bits per heavy atom. The predicted molar refractivity (Wildman–Crippen MR) is 58.8 cm³/mol. The van der Waals surface area contributed by atoms with Crippen molar-refractivity contribution in [2.45, 2.75) is 6.42 Å². The molecule has 0 aliphatic carbocycles. The number of rotatable bonds is 2. The highest BCUT2D eigenvalue weighted by molar-refractivity contribution is 6.30. The van der Waals surface area contributed by atoms with Crippen LogP contribution in [0.15, 0.2) is 18.2 Å². The third-order valence-corrected chi connectivity index (χ3v) is 2.97. The Morgan fingerprint density at radius 1 is 1.47 bits per heavy atom. The maximum absolute atomic E-state index is 13.1. The van der Waals surface area contributed by atoms with E-state index in [9.17, 15) is 4.39 Å². The number of hydrogen-bond donors (Lipinski definition) is 1. The average Bonchev–Trinajstić information content (AvgIpc) is 2.64. The highest BCUT2D eigenvalue weighted by Gasteiger charge is 2.22. The van der Waals surface area contributed by atoms with Gasteiger partial charge in [0.1, 0.15) is 5.82 Å². The molecule has 1 N–H and O–H groups in total. The van der Waals surface area contributed by atoms with E-state index in [2.05, 4.69) is 4.90 Å². The predicted octanol–water partition coefficient (Wildman–Crippen LogP) is 2.30. The van der Waals surface area contributed by atoms with Crippen LogP contribution in [0, 0.1) is 11.7 Å². The van der Waals surface area contributed by atoms with Crippen LogP contribution in [0.4, 0.5) is 10.1 Å². The van der Waals surface area contributed by atoms with Crippen molar-refractivity contribution in [2.75, 3.05) is 24.6 Å². The van der Waals surface area contributed by atoms with Crippen molar-refractivity contribution >= 4 is 17.3 Å². The van der Waals surface area contributed by atoms with Gasteiger partial charge < -0.3 is 10.0 Å². The van der Waals surface area contributed by atoms with Gasteiger partial charge in [0, 0.05) is 36.3 Å². The molecule has 0 bridgehead atoms. The van der Waals surface area contributed by atoms with E-state index in [-0.39, 0.29) is 12.4 Å². The summed E-state index contributed by atoms with van der Waals surface area (Å²) in [7, 11) is 0. The highest BCUT2D eigenvalue weighted by Crippen LogP contribution is 2.26. The molecule has 1 heterocycles. The molecule has 0 radical (unpaired) electrons. The second-order valence-electron chi connectivity index (χ2n) is 3.91. The average molecular weight is 230 g/mol. The maximum Gasteiger partial charge on any atom is 0.126 e. The van der Waals surface area contributed by atoms with E-state index < -0.39 is 0 Å². The summed E-state index contributed by atoms with van der Waals surface area (Å²) in [5.74, 6) is -0.0167. The molecule has 1 aliphatic rings. The molecular formula is C11H13ClFNO. The fourth-order valence-electron chi connectivity index (χ4n) is 1.94. The van der Waals surface area contributed by atoms with E-state index in [1.807, 2.05) is 0 Å². The molecule has 4 heteroatoms. The Bertz CT molecular complexity index is 338. The number of anilines is 1. The van der Waals surface area contributed by atoms with Gasteiger partial charge in [-0.2, -0.15) is 0 Å². The van der Waals surface area contributed by atoms with Gasteiger partial charge in [-0.3, -0.25) is 0 Å². The second kappa shape index (κ2) is 4.37. The molecule has 0 spiro atoms. The number of hydrogen-bond acceptors (Lipinski definition) is 2. The van der Waals surface area contributed by atoms with Gasteiger partial charge in [-0.05, 0) is 24.6 Å². The Kier molecular flexibility index (Phi) is 3.12. The van der Waals surface area contributed by atoms with Gasteiger partial charge in [-0.1, -0.05) is 11.6 Å². The van der Waals surface area contributed by atoms with E-state index in [4.69, 9.17) is 16.7 Å². The topological polar surface area (TPSA) is 23.5 Å². The Balaban J connectivity index is 2.16. The lowest BCUT2D eigenvalue weighted by Crippen LogP contribution is -2.20. The lowest BCUT2D eigenvalue weighted by Gasteiger charge is -2.18. The number of benzene rings is 1. The van der Waals surface area contributed by atoms with Gasteiger partial charge >= 0.3 is 0 Å². The molecule has 0 amide bonds. The molecule has 15 heavy (non-hydrogen) atoms. The minimum atomic E-state index is -0.315. The van der Waals surface area contributed by atoms with Gasteiger partial charge in [-0.15, -0.1) is 0 Å². The van der Waals surface area contributed by atoms with Crippen LogP contribution in [0.25, 0.3) is 0 Å². The number of aliphatic hydroxyl groups is 1. The SMILES string of the molecule is OCC1CCN(c2cc(F)cc(Cl)c2)C1. The van der Waals surface area contributed by atoms with Gasteiger partial charge in [-0.25, -0.2) is 4.39 Å². The Morgan fingerprint density at radius 3 is 2.87 bits per heavy atom. The minimum absolute atomic E-state index is 0.194. The molecule has 0 aromatic heterocycles. The third-order valence-electron chi connectivity index (χ3n) is 2.76. The fourth-order valence-corrected chi connectivity index (χ4v) is 2.15. The van der Waals surface area contributed by atoms with Crippen molar-refractivity contribution in [1.82, 2.24) is 0 Å². The van der Waals surface area contributed by atoms with E-state index >= 15 is 0 Å². The van der Waals surface area contributed by atoms with Crippen LogP contribution in [0.1, 0.15) is 6.42 Å². The van der Waals surface area contributed by atoms with Crippen LogP contribution < -0.4 is 4.90 Å². The van der Waals surface area contributed by atoms with Gasteiger partial charge in [0.05, 0.1) is 0 Å². The first-order valence-corrected chi connectivity index (χ1v) is 5.39. The summed E-state index contributed by atoms with van der Waals surface area (Å²) in [4.78, 5) is 2.05. The van der Waals surface area contributed by atoms with E-state index in [0.717, 1.165) is 25.2 Å². The van der Waals surface area contributed by atoms with Crippen LogP contribution in [0.3, 0.4) is 0 Å². The second-order valence-corrected chi connectivity index (χ2v) is 4.35. The standard InChI is InChI=1S/C11H13ClFNO/c12-9-3-10(13)5-11(4-9)14-2-1-8(6-14)7-15/h3-5,8,15H,1-2,6-7H2. The first-order chi connectivity index (χ1) is 7.19. The van der Waals surface area contributed by atoms with Gasteiger partial charge in [0.25, 0.3) is 0 Å². The molecule has 1 atom stereocenters. The van der Waals surface area contributed by atoms with Crippen molar-refractivity contribution in [3.8, 4) is 0 Å². The summed E-state index contributed by atoms with van der Waals surface area (Å²) < 4.78 is 13.1. The lowest BCUT2D eigenvalue weighted by molar-refractivity contribution is 0.238. The smallest absolute Gasteiger partial charge is 0.126 e. The monoisotopic (exact) mass is 229 g/mol. The van der Waals surface area contributed by atoms with Crippen molar-refractivity contribution < 1.29 is 9.50 Å². The molecule has 1 saturated heterocycles. The van der Waals surface area contributed by atoms with E-state index in [1.54, 1.807) is 6.07 Å². The zero-order chi connectivity index (χ0) is 10.8. The fraction of sp³-hybridized carbons (Fsp3) is 0.455. The molecule has 0 saturated carbocycles. The molecule has 1 fully saturated rings. The van der Waals surface area contributed by atoms with Crippen molar-refractivity contribution in [3.05, 3.63) is 29.0 Å². The molecular weight excluding hydrogens is 217 g/mol. The van der Waals surface area contributed by atoms with Crippen molar-refractivity contribution in [3.63, 3.8) is 0 Å². The van der Waals surface area contributed by atoms with E-state index in [0.29, 0.717) is 10.9 Å². The minimum Gasteiger partial charge on any atom is -0.396 e. The Hall–Kier alpha value is -0.800. The van der Waals surface area contributed by atoms with E-state index in [1.165, 1.54) is 12.1 Å². The van der Waals surface area contributed by atoms with Crippen LogP contribution in [-0.2, 0) is 0 Å². The zero-order valence-electron chi connectivity index (χ0n) is 8.29. The van der Waals surface area contributed by atoms with Crippen molar-refractivity contribution in [1.29, 1.82) is 0 Å². The molecule has 1 unspecified atom stereocenters. The molecule has 1 aromatic rings. The summed E-state index contributed by atoms with van der Waals surface area (Å²) in [5, 5.41) is 9.43. The number of nitrogens with zero attached hydrogens (tertiary/aromatic N) is 1. The molecule has 1 aliphatic heterocycles. The van der Waals surface area contributed by atoms with Crippen LogP contribution >= 0.6 is 11.6 Å². The lowest BCUT2D eigenvalue weighted by atomic mass is 10.1. The Labute approximate surface area is 93.3 Å². The third kappa shape index (κ3) is 2.41. The van der Waals surface area contributed by atoms with Crippen LogP contribution in [-0.4, -0.2) is 24.8 Å². The molecule has 2 nitrogen and oxygen atoms in total. The summed E-state index contributed by atoms with van der Waals surface area (Å²) in [6, 6.07) is 4.53. The highest BCUT2D eigenvalue weighted by atomic mass is 35.5. The van der Waals surface area contributed by atoms with Crippen LogP contribution in [0.2, 0.25) is 5.02 Å². The summed E-state index contributed by atoms with van der Waals surface area (Å²) in [6.07, 6.45) is 0.949. The quantitative estimate of drug-likeness (QED) is 0.841. The van der Waals surface area contributed by atoms with Gasteiger partial charge in [0.15, 0.2) is 0 Å². The largest absolute Gasteiger partial charge is 0.396 e.